The smallest absolute Gasteiger partial charge is 0.416 e. The van der Waals surface area contributed by atoms with E-state index in [0.29, 0.717) is 16.8 Å². The van der Waals surface area contributed by atoms with Crippen molar-refractivity contribution in [1.29, 1.82) is 0 Å². The van der Waals surface area contributed by atoms with Crippen LogP contribution >= 0.6 is 0 Å². The van der Waals surface area contributed by atoms with E-state index in [1.165, 1.54) is 12.1 Å². The van der Waals surface area contributed by atoms with Gasteiger partial charge < -0.3 is 14.2 Å². The summed E-state index contributed by atoms with van der Waals surface area (Å²) in [7, 11) is 0. The van der Waals surface area contributed by atoms with Crippen molar-refractivity contribution in [3.63, 3.8) is 0 Å². The fourth-order valence-corrected chi connectivity index (χ4v) is 4.31. The van der Waals surface area contributed by atoms with Gasteiger partial charge in [-0.1, -0.05) is 42.5 Å². The van der Waals surface area contributed by atoms with Crippen LogP contribution in [-0.2, 0) is 33.6 Å². The molecule has 0 fully saturated rings. The van der Waals surface area contributed by atoms with E-state index in [4.69, 9.17) is 14.2 Å². The third-order valence-electron chi connectivity index (χ3n) is 5.98. The molecule has 2 heterocycles. The van der Waals surface area contributed by atoms with Crippen molar-refractivity contribution in [2.24, 2.45) is 0 Å². The third kappa shape index (κ3) is 4.69. The van der Waals surface area contributed by atoms with Gasteiger partial charge in [-0.3, -0.25) is 0 Å². The van der Waals surface area contributed by atoms with Crippen molar-refractivity contribution in [1.82, 2.24) is 4.98 Å². The molecule has 184 valence electrons. The number of carbonyl (C=O) groups excluding carboxylic acids is 1. The molecule has 1 unspecified atom stereocenters. The molecule has 3 aromatic carbocycles. The predicted octanol–water partition coefficient (Wildman–Crippen LogP) is 6.84. The van der Waals surface area contributed by atoms with Crippen molar-refractivity contribution >= 4 is 16.9 Å². The number of halogens is 3. The first-order chi connectivity index (χ1) is 17.3. The van der Waals surface area contributed by atoms with Crippen LogP contribution in [0.1, 0.15) is 46.0 Å². The lowest BCUT2D eigenvalue weighted by Crippen LogP contribution is -2.12. The van der Waals surface area contributed by atoms with Crippen LogP contribution in [-0.4, -0.2) is 17.6 Å². The van der Waals surface area contributed by atoms with Gasteiger partial charge in [0.2, 0.25) is 6.29 Å². The summed E-state index contributed by atoms with van der Waals surface area (Å²) in [6.07, 6.45) is -5.47. The minimum atomic E-state index is -4.58. The van der Waals surface area contributed by atoms with Gasteiger partial charge in [-0.05, 0) is 53.9 Å². The van der Waals surface area contributed by atoms with Crippen LogP contribution in [0, 0.1) is 0 Å². The molecule has 0 aliphatic carbocycles. The van der Waals surface area contributed by atoms with Crippen molar-refractivity contribution in [3.8, 4) is 11.1 Å². The maximum Gasteiger partial charge on any atom is 0.416 e. The number of ether oxygens (including phenoxy) is 3. The number of carbonyl (C=O) groups is 1. The molecule has 0 N–H and O–H groups in total. The molecule has 0 amide bonds. The van der Waals surface area contributed by atoms with Gasteiger partial charge in [0.05, 0.1) is 36.5 Å². The van der Waals surface area contributed by atoms with Gasteiger partial charge in [-0.2, -0.15) is 13.2 Å². The highest BCUT2D eigenvalue weighted by molar-refractivity contribution is 5.97. The lowest BCUT2D eigenvalue weighted by molar-refractivity contribution is -0.154. The minimum absolute atomic E-state index is 0.0727. The number of alkyl halides is 3. The number of rotatable bonds is 6. The second kappa shape index (κ2) is 9.72. The molecule has 5 nitrogen and oxygen atoms in total. The summed E-state index contributed by atoms with van der Waals surface area (Å²) in [6.45, 7) is 1.78. The van der Waals surface area contributed by atoms with Crippen LogP contribution in [0.25, 0.3) is 22.0 Å². The molecule has 0 spiro atoms. The lowest BCUT2D eigenvalue weighted by Gasteiger charge is -2.18. The summed E-state index contributed by atoms with van der Waals surface area (Å²) in [6, 6.07) is 19.9. The fraction of sp³-hybridized carbons (Fsp3) is 0.214. The molecule has 1 aliphatic rings. The first-order valence-electron chi connectivity index (χ1n) is 11.4. The van der Waals surface area contributed by atoms with Crippen LogP contribution in [0.4, 0.5) is 13.2 Å². The number of pyridine rings is 1. The van der Waals surface area contributed by atoms with Gasteiger partial charge in [-0.25, -0.2) is 9.78 Å². The topological polar surface area (TPSA) is 57.7 Å². The summed E-state index contributed by atoms with van der Waals surface area (Å²) >= 11 is 0. The van der Waals surface area contributed by atoms with E-state index in [2.05, 4.69) is 4.98 Å². The van der Waals surface area contributed by atoms with Crippen LogP contribution < -0.4 is 0 Å². The summed E-state index contributed by atoms with van der Waals surface area (Å²) in [4.78, 5) is 17.0. The highest BCUT2D eigenvalue weighted by Gasteiger charge is 2.34. The number of hydrogen-bond donors (Lipinski definition) is 0. The molecule has 8 heteroatoms. The van der Waals surface area contributed by atoms with Crippen molar-refractivity contribution in [2.45, 2.75) is 32.6 Å². The van der Waals surface area contributed by atoms with Crippen LogP contribution in [0.3, 0.4) is 0 Å². The molecule has 0 saturated heterocycles. The molecule has 1 aromatic heterocycles. The Morgan fingerprint density at radius 3 is 2.64 bits per heavy atom. The van der Waals surface area contributed by atoms with E-state index in [0.717, 1.165) is 22.5 Å². The van der Waals surface area contributed by atoms with E-state index in [9.17, 15) is 18.0 Å². The molecular weight excluding hydrogens is 471 g/mol. The Morgan fingerprint density at radius 2 is 1.83 bits per heavy atom. The zero-order chi connectivity index (χ0) is 25.3. The monoisotopic (exact) mass is 493 g/mol. The molecular formula is C28H22F3NO4. The molecule has 1 atom stereocenters. The molecule has 36 heavy (non-hydrogen) atoms. The normalized spacial score (nSPS) is 15.2. The SMILES string of the molecule is CCOC(=O)c1ccccc1-c1ccc(C(F)(F)F)c(COC2OCc3cc4ccccc4nc32)c1. The predicted molar refractivity (Wildman–Crippen MR) is 127 cm³/mol. The number of esters is 1. The van der Waals surface area contributed by atoms with Crippen LogP contribution in [0.15, 0.2) is 72.8 Å². The van der Waals surface area contributed by atoms with E-state index < -0.39 is 24.0 Å². The van der Waals surface area contributed by atoms with E-state index in [1.54, 1.807) is 31.2 Å². The number of hydrogen-bond acceptors (Lipinski definition) is 5. The second-order valence-corrected chi connectivity index (χ2v) is 8.32. The van der Waals surface area contributed by atoms with Gasteiger partial charge in [0, 0.05) is 10.9 Å². The Labute approximate surface area is 205 Å². The van der Waals surface area contributed by atoms with Crippen molar-refractivity contribution in [2.75, 3.05) is 6.61 Å². The number of benzene rings is 3. The molecule has 0 radical (unpaired) electrons. The zero-order valence-corrected chi connectivity index (χ0v) is 19.3. The van der Waals surface area contributed by atoms with Gasteiger partial charge >= 0.3 is 12.1 Å². The first-order valence-corrected chi connectivity index (χ1v) is 11.4. The van der Waals surface area contributed by atoms with Gasteiger partial charge in [0.25, 0.3) is 0 Å². The second-order valence-electron chi connectivity index (χ2n) is 8.32. The van der Waals surface area contributed by atoms with Gasteiger partial charge in [0.1, 0.15) is 5.69 Å². The Balaban J connectivity index is 1.47. The molecule has 1 aliphatic heterocycles. The maximum absolute atomic E-state index is 13.8. The summed E-state index contributed by atoms with van der Waals surface area (Å²) < 4.78 is 58.1. The Kier molecular flexibility index (Phi) is 6.47. The zero-order valence-electron chi connectivity index (χ0n) is 19.3. The highest BCUT2D eigenvalue weighted by Crippen LogP contribution is 2.38. The van der Waals surface area contributed by atoms with E-state index in [1.807, 2.05) is 30.3 Å². The molecule has 0 bridgehead atoms. The van der Waals surface area contributed by atoms with E-state index >= 15 is 0 Å². The fourth-order valence-electron chi connectivity index (χ4n) is 4.31. The van der Waals surface area contributed by atoms with Crippen LogP contribution in [0.2, 0.25) is 0 Å². The first kappa shape index (κ1) is 24.0. The van der Waals surface area contributed by atoms with Gasteiger partial charge in [-0.15, -0.1) is 0 Å². The van der Waals surface area contributed by atoms with E-state index in [-0.39, 0.29) is 30.9 Å². The maximum atomic E-state index is 13.8. The average molecular weight is 493 g/mol. The van der Waals surface area contributed by atoms with Crippen molar-refractivity contribution < 1.29 is 32.2 Å². The number of aromatic nitrogens is 1. The standard InChI is InChI=1S/C28H22F3NO4/c1-2-34-26(33)22-9-5-4-8-21(22)17-11-12-23(28(29,30)31)19(13-17)15-35-27-25-20(16-36-27)14-18-7-3-6-10-24(18)32-25/h3-14,27H,2,15-16H2,1H3. The molecule has 0 saturated carbocycles. The van der Waals surface area contributed by atoms with Gasteiger partial charge in [0.15, 0.2) is 0 Å². The largest absolute Gasteiger partial charge is 0.462 e. The molecule has 4 aromatic rings. The summed E-state index contributed by atoms with van der Waals surface area (Å²) in [5, 5.41) is 0.952. The highest BCUT2D eigenvalue weighted by atomic mass is 19.4. The number of nitrogens with zero attached hydrogens (tertiary/aromatic N) is 1. The molecule has 5 rings (SSSR count). The lowest BCUT2D eigenvalue weighted by atomic mass is 9.95. The Hall–Kier alpha value is -3.75. The quantitative estimate of drug-likeness (QED) is 0.275. The number of para-hydroxylation sites is 1. The van der Waals surface area contributed by atoms with Crippen molar-refractivity contribution in [3.05, 3.63) is 101 Å². The van der Waals surface area contributed by atoms with Crippen LogP contribution in [0.5, 0.6) is 0 Å². The number of fused-ring (bicyclic) bond motifs is 2. The Morgan fingerprint density at radius 1 is 1.06 bits per heavy atom. The third-order valence-corrected chi connectivity index (χ3v) is 5.98. The summed E-state index contributed by atoms with van der Waals surface area (Å²) in [5.74, 6) is -0.542. The average Bonchev–Trinajstić information content (AvgIpc) is 3.27. The summed E-state index contributed by atoms with van der Waals surface area (Å²) in [5.41, 5.74) is 2.46. The minimum Gasteiger partial charge on any atom is -0.462 e. The Bertz CT molecular complexity index is 1430.